The van der Waals surface area contributed by atoms with Crippen molar-refractivity contribution in [1.82, 2.24) is 19.9 Å². The van der Waals surface area contributed by atoms with Crippen molar-refractivity contribution < 1.29 is 9.18 Å². The summed E-state index contributed by atoms with van der Waals surface area (Å²) < 4.78 is 13.3. The van der Waals surface area contributed by atoms with Crippen LogP contribution in [-0.4, -0.2) is 38.1 Å². The van der Waals surface area contributed by atoms with E-state index >= 15 is 0 Å². The summed E-state index contributed by atoms with van der Waals surface area (Å²) in [7, 11) is 0. The van der Waals surface area contributed by atoms with Crippen molar-refractivity contribution in [1.29, 1.82) is 0 Å². The number of fused-ring (bicyclic) bond motifs is 4. The predicted molar refractivity (Wildman–Crippen MR) is 134 cm³/mol. The highest BCUT2D eigenvalue weighted by molar-refractivity contribution is 7.99. The van der Waals surface area contributed by atoms with Gasteiger partial charge in [0.1, 0.15) is 10.6 Å². The minimum absolute atomic E-state index is 0.0156. The number of H-pyrrole nitrogens is 2. The first-order valence-electron chi connectivity index (χ1n) is 10.8. The van der Waals surface area contributed by atoms with Crippen LogP contribution in [0.4, 0.5) is 4.39 Å². The lowest BCUT2D eigenvalue weighted by atomic mass is 10.0. The predicted octanol–water partition coefficient (Wildman–Crippen LogP) is 4.95. The summed E-state index contributed by atoms with van der Waals surface area (Å²) in [6.45, 7) is 1.24. The molecule has 4 heterocycles. The van der Waals surface area contributed by atoms with E-state index in [0.717, 1.165) is 28.5 Å². The van der Waals surface area contributed by atoms with Gasteiger partial charge in [0.25, 0.3) is 5.56 Å². The third kappa shape index (κ3) is 3.70. The van der Waals surface area contributed by atoms with Crippen LogP contribution in [0.5, 0.6) is 0 Å². The molecule has 0 unspecified atom stereocenters. The van der Waals surface area contributed by atoms with Crippen LogP contribution in [-0.2, 0) is 17.8 Å². The number of amides is 1. The number of carbonyl (C=O) groups is 1. The number of carbonyl (C=O) groups excluding carboxylic acids is 1. The molecule has 0 fully saturated rings. The summed E-state index contributed by atoms with van der Waals surface area (Å²) in [5, 5.41) is 3.92. The first kappa shape index (κ1) is 21.1. The Morgan fingerprint density at radius 2 is 1.97 bits per heavy atom. The third-order valence-electron chi connectivity index (χ3n) is 6.15. The molecule has 2 aromatic carbocycles. The highest BCUT2D eigenvalue weighted by Gasteiger charge is 2.24. The first-order chi connectivity index (χ1) is 16.6. The van der Waals surface area contributed by atoms with Crippen molar-refractivity contribution in [2.24, 2.45) is 0 Å². The lowest BCUT2D eigenvalue weighted by Crippen LogP contribution is -2.37. The number of hydrogen-bond donors (Lipinski definition) is 2. The molecular weight excluding hydrogens is 471 g/mol. The second kappa shape index (κ2) is 8.41. The fourth-order valence-corrected chi connectivity index (χ4v) is 6.21. The Morgan fingerprint density at radius 1 is 1.15 bits per heavy atom. The lowest BCUT2D eigenvalue weighted by molar-refractivity contribution is -0.129. The van der Waals surface area contributed by atoms with Crippen LogP contribution in [0.25, 0.3) is 32.2 Å². The maximum absolute atomic E-state index is 13.3. The Bertz CT molecular complexity index is 1600. The van der Waals surface area contributed by atoms with Crippen molar-refractivity contribution in [3.63, 3.8) is 0 Å². The maximum Gasteiger partial charge on any atom is 0.260 e. The van der Waals surface area contributed by atoms with E-state index in [0.29, 0.717) is 28.5 Å². The minimum atomic E-state index is -0.326. The molecule has 0 radical (unpaired) electrons. The van der Waals surface area contributed by atoms with E-state index in [1.54, 1.807) is 12.1 Å². The standard InChI is InChI=1S/C25H19FN4O2S2/c26-15-7-5-14(6-8-15)18-12-33-24-22(18)23(32)28-25(29-24)34-13-21(31)30-10-9-20-17(11-30)16-3-1-2-4-19(16)27-20/h1-8,12,27H,9-11,13H2,(H,28,29,32). The summed E-state index contributed by atoms with van der Waals surface area (Å²) in [5.41, 5.74) is 4.70. The van der Waals surface area contributed by atoms with Gasteiger partial charge in [0.15, 0.2) is 5.16 Å². The van der Waals surface area contributed by atoms with Crippen molar-refractivity contribution in [3.8, 4) is 11.1 Å². The van der Waals surface area contributed by atoms with Gasteiger partial charge in [0, 0.05) is 52.6 Å². The topological polar surface area (TPSA) is 81.8 Å². The molecule has 170 valence electrons. The molecule has 1 aliphatic heterocycles. The van der Waals surface area contributed by atoms with E-state index in [4.69, 9.17) is 0 Å². The second-order valence-electron chi connectivity index (χ2n) is 8.19. The molecule has 9 heteroatoms. The monoisotopic (exact) mass is 490 g/mol. The number of benzene rings is 2. The van der Waals surface area contributed by atoms with Gasteiger partial charge in [-0.25, -0.2) is 9.37 Å². The zero-order valence-corrected chi connectivity index (χ0v) is 19.6. The van der Waals surface area contributed by atoms with E-state index in [1.165, 1.54) is 46.5 Å². The molecular formula is C25H19FN4O2S2. The quantitative estimate of drug-likeness (QED) is 0.276. The van der Waals surface area contributed by atoms with Crippen molar-refractivity contribution in [2.75, 3.05) is 12.3 Å². The summed E-state index contributed by atoms with van der Waals surface area (Å²) in [4.78, 5) is 39.1. The highest BCUT2D eigenvalue weighted by atomic mass is 32.2. The van der Waals surface area contributed by atoms with Gasteiger partial charge >= 0.3 is 0 Å². The number of thiophene rings is 1. The van der Waals surface area contributed by atoms with Crippen LogP contribution in [0.2, 0.25) is 0 Å². The molecule has 1 amide bonds. The largest absolute Gasteiger partial charge is 0.358 e. The molecule has 0 saturated heterocycles. The SMILES string of the molecule is O=C(CSc1nc2scc(-c3ccc(F)cc3)c2c(=O)[nH]1)N1CCc2[nH]c3ccccc3c2C1. The van der Waals surface area contributed by atoms with E-state index in [2.05, 4.69) is 27.1 Å². The molecule has 0 aliphatic carbocycles. The Hall–Kier alpha value is -3.43. The number of hydrogen-bond acceptors (Lipinski definition) is 5. The first-order valence-corrected chi connectivity index (χ1v) is 12.7. The Balaban J connectivity index is 1.19. The molecule has 6 rings (SSSR count). The molecule has 3 aromatic heterocycles. The zero-order chi connectivity index (χ0) is 23.2. The van der Waals surface area contributed by atoms with E-state index in [9.17, 15) is 14.0 Å². The van der Waals surface area contributed by atoms with E-state index in [1.807, 2.05) is 22.4 Å². The van der Waals surface area contributed by atoms with Gasteiger partial charge in [-0.15, -0.1) is 11.3 Å². The maximum atomic E-state index is 13.3. The summed E-state index contributed by atoms with van der Waals surface area (Å²) >= 11 is 2.60. The number of nitrogens with zero attached hydrogens (tertiary/aromatic N) is 2. The number of nitrogens with one attached hydrogen (secondary N) is 2. The Morgan fingerprint density at radius 3 is 2.82 bits per heavy atom. The summed E-state index contributed by atoms with van der Waals surface area (Å²) in [6.07, 6.45) is 0.794. The van der Waals surface area contributed by atoms with Gasteiger partial charge in [-0.1, -0.05) is 42.1 Å². The molecule has 1 aliphatic rings. The van der Waals surface area contributed by atoms with Crippen molar-refractivity contribution in [2.45, 2.75) is 18.1 Å². The number of aromatic nitrogens is 3. The fraction of sp³-hybridized carbons (Fsp3) is 0.160. The number of aromatic amines is 2. The van der Waals surface area contributed by atoms with Gasteiger partial charge in [0.2, 0.25) is 5.91 Å². The lowest BCUT2D eigenvalue weighted by Gasteiger charge is -2.27. The van der Waals surface area contributed by atoms with Gasteiger partial charge in [-0.05, 0) is 23.8 Å². The summed E-state index contributed by atoms with van der Waals surface area (Å²) in [5.74, 6) is -0.113. The smallest absolute Gasteiger partial charge is 0.260 e. The summed E-state index contributed by atoms with van der Waals surface area (Å²) in [6, 6.07) is 14.2. The van der Waals surface area contributed by atoms with Crippen LogP contribution in [0, 0.1) is 5.82 Å². The van der Waals surface area contributed by atoms with Crippen molar-refractivity contribution >= 4 is 50.1 Å². The molecule has 6 nitrogen and oxygen atoms in total. The number of para-hydroxylation sites is 1. The molecule has 5 aromatic rings. The van der Waals surface area contributed by atoms with Crippen molar-refractivity contribution in [3.05, 3.63) is 81.3 Å². The minimum Gasteiger partial charge on any atom is -0.358 e. The van der Waals surface area contributed by atoms with Crippen LogP contribution < -0.4 is 5.56 Å². The number of thioether (sulfide) groups is 1. The van der Waals surface area contributed by atoms with Crippen LogP contribution in [0.1, 0.15) is 11.3 Å². The zero-order valence-electron chi connectivity index (χ0n) is 17.9. The molecule has 34 heavy (non-hydrogen) atoms. The fourth-order valence-electron chi connectivity index (χ4n) is 4.44. The number of halogens is 1. The normalized spacial score (nSPS) is 13.5. The van der Waals surface area contributed by atoms with Gasteiger partial charge in [-0.2, -0.15) is 0 Å². The van der Waals surface area contributed by atoms with Gasteiger partial charge in [-0.3, -0.25) is 9.59 Å². The molecule has 0 atom stereocenters. The van der Waals surface area contributed by atoms with Gasteiger partial charge < -0.3 is 14.9 Å². The average molecular weight is 491 g/mol. The second-order valence-corrected chi connectivity index (χ2v) is 10.0. The van der Waals surface area contributed by atoms with Crippen LogP contribution in [0.15, 0.2) is 63.9 Å². The third-order valence-corrected chi connectivity index (χ3v) is 7.88. The average Bonchev–Trinajstić information content (AvgIpc) is 3.44. The van der Waals surface area contributed by atoms with E-state index < -0.39 is 0 Å². The molecule has 0 bridgehead atoms. The van der Waals surface area contributed by atoms with Crippen LogP contribution in [0.3, 0.4) is 0 Å². The molecule has 0 saturated carbocycles. The van der Waals surface area contributed by atoms with Gasteiger partial charge in [0.05, 0.1) is 11.1 Å². The van der Waals surface area contributed by atoms with Crippen LogP contribution >= 0.6 is 23.1 Å². The van der Waals surface area contributed by atoms with E-state index in [-0.39, 0.29) is 23.0 Å². The molecule has 2 N–H and O–H groups in total. The highest BCUT2D eigenvalue weighted by Crippen LogP contribution is 2.32. The number of rotatable bonds is 4. The Labute approximate surface area is 201 Å². The molecule has 0 spiro atoms. The Kier molecular flexibility index (Phi) is 5.23.